The molecular weight excluding hydrogens is 302 g/mol. The van der Waals surface area contributed by atoms with Gasteiger partial charge in [0.15, 0.2) is 5.58 Å². The lowest BCUT2D eigenvalue weighted by Crippen LogP contribution is -2.46. The van der Waals surface area contributed by atoms with Gasteiger partial charge in [-0.1, -0.05) is 12.1 Å². The Labute approximate surface area is 141 Å². The van der Waals surface area contributed by atoms with Gasteiger partial charge in [-0.15, -0.1) is 0 Å². The molecule has 24 heavy (non-hydrogen) atoms. The average Bonchev–Trinajstić information content (AvgIpc) is 3.05. The highest BCUT2D eigenvalue weighted by molar-refractivity contribution is 5.72. The Kier molecular flexibility index (Phi) is 4.09. The molecule has 0 spiro atoms. The number of ether oxygens (including phenoxy) is 1. The molecule has 0 N–H and O–H groups in total. The van der Waals surface area contributed by atoms with Crippen LogP contribution in [0.2, 0.25) is 0 Å². The quantitative estimate of drug-likeness (QED) is 0.738. The van der Waals surface area contributed by atoms with Gasteiger partial charge < -0.3 is 14.1 Å². The molecule has 1 aliphatic rings. The summed E-state index contributed by atoms with van der Waals surface area (Å²) in [4.78, 5) is 9.37. The van der Waals surface area contributed by atoms with Crippen LogP contribution < -0.4 is 9.64 Å². The van der Waals surface area contributed by atoms with Crippen molar-refractivity contribution in [3.63, 3.8) is 0 Å². The van der Waals surface area contributed by atoms with Gasteiger partial charge in [0, 0.05) is 31.9 Å². The first kappa shape index (κ1) is 15.0. The van der Waals surface area contributed by atoms with Crippen molar-refractivity contribution in [3.05, 3.63) is 54.4 Å². The highest BCUT2D eigenvalue weighted by atomic mass is 16.5. The van der Waals surface area contributed by atoms with Crippen molar-refractivity contribution in [3.8, 4) is 5.75 Å². The van der Waals surface area contributed by atoms with E-state index in [1.54, 1.807) is 7.11 Å². The molecule has 2 heterocycles. The number of fused-ring (bicyclic) bond motifs is 1. The van der Waals surface area contributed by atoms with Crippen LogP contribution in [0.5, 0.6) is 5.75 Å². The topological polar surface area (TPSA) is 41.7 Å². The molecule has 5 nitrogen and oxygen atoms in total. The van der Waals surface area contributed by atoms with Crippen molar-refractivity contribution in [1.82, 2.24) is 9.88 Å². The van der Waals surface area contributed by atoms with E-state index in [1.807, 2.05) is 36.4 Å². The lowest BCUT2D eigenvalue weighted by Gasteiger charge is -2.35. The van der Waals surface area contributed by atoms with Crippen molar-refractivity contribution in [2.24, 2.45) is 0 Å². The predicted octanol–water partition coefficient (Wildman–Crippen LogP) is 3.16. The third kappa shape index (κ3) is 3.08. The summed E-state index contributed by atoms with van der Waals surface area (Å²) in [6.07, 6.45) is 0. The molecule has 3 aromatic rings. The van der Waals surface area contributed by atoms with Crippen LogP contribution in [0.1, 0.15) is 5.89 Å². The third-order valence-corrected chi connectivity index (χ3v) is 4.51. The Morgan fingerprint density at radius 2 is 1.75 bits per heavy atom. The van der Waals surface area contributed by atoms with Gasteiger partial charge in [0.2, 0.25) is 5.89 Å². The van der Waals surface area contributed by atoms with Gasteiger partial charge in [-0.2, -0.15) is 0 Å². The van der Waals surface area contributed by atoms with Gasteiger partial charge in [-0.3, -0.25) is 4.90 Å². The highest BCUT2D eigenvalue weighted by Crippen LogP contribution is 2.21. The molecule has 0 unspecified atom stereocenters. The molecule has 1 aliphatic heterocycles. The fourth-order valence-electron chi connectivity index (χ4n) is 3.14. The maximum atomic E-state index is 5.83. The van der Waals surface area contributed by atoms with Gasteiger partial charge in [-0.05, 0) is 36.4 Å². The third-order valence-electron chi connectivity index (χ3n) is 4.51. The summed E-state index contributed by atoms with van der Waals surface area (Å²) in [6.45, 7) is 4.79. The van der Waals surface area contributed by atoms with Crippen molar-refractivity contribution < 1.29 is 9.15 Å². The molecule has 0 saturated carbocycles. The summed E-state index contributed by atoms with van der Waals surface area (Å²) in [7, 11) is 1.69. The number of rotatable bonds is 4. The van der Waals surface area contributed by atoms with Gasteiger partial charge in [0.05, 0.1) is 13.7 Å². The van der Waals surface area contributed by atoms with Crippen LogP contribution in [0.25, 0.3) is 11.1 Å². The van der Waals surface area contributed by atoms with E-state index in [-0.39, 0.29) is 0 Å². The van der Waals surface area contributed by atoms with Crippen LogP contribution in [0.15, 0.2) is 52.9 Å². The Morgan fingerprint density at radius 1 is 1.00 bits per heavy atom. The molecule has 4 rings (SSSR count). The first-order valence-electron chi connectivity index (χ1n) is 8.27. The lowest BCUT2D eigenvalue weighted by atomic mass is 10.2. The Balaban J connectivity index is 1.36. The van der Waals surface area contributed by atoms with E-state index in [0.29, 0.717) is 0 Å². The van der Waals surface area contributed by atoms with Gasteiger partial charge in [-0.25, -0.2) is 4.98 Å². The van der Waals surface area contributed by atoms with Crippen LogP contribution in [0.3, 0.4) is 0 Å². The second-order valence-corrected chi connectivity index (χ2v) is 6.04. The van der Waals surface area contributed by atoms with Crippen molar-refractivity contribution >= 4 is 16.8 Å². The van der Waals surface area contributed by atoms with Gasteiger partial charge >= 0.3 is 0 Å². The number of aromatic nitrogens is 1. The summed E-state index contributed by atoms with van der Waals surface area (Å²) < 4.78 is 11.0. The largest absolute Gasteiger partial charge is 0.497 e. The van der Waals surface area contributed by atoms with Crippen molar-refractivity contribution in [2.75, 3.05) is 38.2 Å². The first-order valence-corrected chi connectivity index (χ1v) is 8.27. The number of methoxy groups -OCH3 is 1. The number of hydrogen-bond donors (Lipinski definition) is 0. The highest BCUT2D eigenvalue weighted by Gasteiger charge is 2.19. The summed E-state index contributed by atoms with van der Waals surface area (Å²) >= 11 is 0. The molecule has 124 valence electrons. The number of oxazole rings is 1. The number of nitrogens with zero attached hydrogens (tertiary/aromatic N) is 3. The van der Waals surface area contributed by atoms with Crippen molar-refractivity contribution in [1.29, 1.82) is 0 Å². The smallest absolute Gasteiger partial charge is 0.209 e. The molecule has 0 aliphatic carbocycles. The molecule has 0 radical (unpaired) electrons. The van der Waals surface area contributed by atoms with Crippen molar-refractivity contribution in [2.45, 2.75) is 6.54 Å². The fraction of sp³-hybridized carbons (Fsp3) is 0.316. The Hall–Kier alpha value is -2.53. The summed E-state index contributed by atoms with van der Waals surface area (Å²) in [5.74, 6) is 1.70. The lowest BCUT2D eigenvalue weighted by molar-refractivity contribution is 0.228. The zero-order chi connectivity index (χ0) is 16.4. The molecule has 1 saturated heterocycles. The Morgan fingerprint density at radius 3 is 2.46 bits per heavy atom. The van der Waals surface area contributed by atoms with Gasteiger partial charge in [0.25, 0.3) is 0 Å². The number of hydrogen-bond acceptors (Lipinski definition) is 5. The fourth-order valence-corrected chi connectivity index (χ4v) is 3.14. The molecular formula is C19H21N3O2. The minimum atomic E-state index is 0.769. The maximum Gasteiger partial charge on any atom is 0.209 e. The summed E-state index contributed by atoms with van der Waals surface area (Å²) in [5.41, 5.74) is 3.05. The Bertz CT molecular complexity index is 772. The molecule has 2 aromatic carbocycles. The van der Waals surface area contributed by atoms with Crippen LogP contribution in [-0.4, -0.2) is 43.2 Å². The molecule has 1 aromatic heterocycles. The van der Waals surface area contributed by atoms with Gasteiger partial charge in [0.1, 0.15) is 11.3 Å². The van der Waals surface area contributed by atoms with E-state index in [0.717, 1.165) is 55.5 Å². The minimum Gasteiger partial charge on any atom is -0.497 e. The molecule has 5 heteroatoms. The van der Waals surface area contributed by atoms with Crippen LogP contribution in [0.4, 0.5) is 5.69 Å². The zero-order valence-electron chi connectivity index (χ0n) is 13.8. The summed E-state index contributed by atoms with van der Waals surface area (Å²) in [5, 5.41) is 0. The standard InChI is InChI=1S/C19H21N3O2/c1-23-16-8-6-15(7-9-16)22-12-10-21(11-13-22)14-19-20-17-4-2-3-5-18(17)24-19/h2-9H,10-14H2,1H3. The number of benzene rings is 2. The molecule has 0 bridgehead atoms. The number of piperazine rings is 1. The van der Waals surface area contributed by atoms with E-state index in [1.165, 1.54) is 5.69 Å². The van der Waals surface area contributed by atoms with E-state index in [4.69, 9.17) is 9.15 Å². The van der Waals surface area contributed by atoms with Crippen LogP contribution >= 0.6 is 0 Å². The van der Waals surface area contributed by atoms with Crippen LogP contribution in [0, 0.1) is 0 Å². The van der Waals surface area contributed by atoms with Crippen LogP contribution in [-0.2, 0) is 6.54 Å². The first-order chi connectivity index (χ1) is 11.8. The predicted molar refractivity (Wildman–Crippen MR) is 94.5 cm³/mol. The summed E-state index contributed by atoms with van der Waals surface area (Å²) in [6, 6.07) is 16.2. The van der Waals surface area contributed by atoms with E-state index in [9.17, 15) is 0 Å². The van der Waals surface area contributed by atoms with E-state index >= 15 is 0 Å². The second kappa shape index (κ2) is 6.53. The SMILES string of the molecule is COc1ccc(N2CCN(Cc3nc4ccccc4o3)CC2)cc1. The molecule has 0 atom stereocenters. The maximum absolute atomic E-state index is 5.83. The number of anilines is 1. The van der Waals surface area contributed by atoms with E-state index < -0.39 is 0 Å². The minimum absolute atomic E-state index is 0.769. The number of para-hydroxylation sites is 2. The average molecular weight is 323 g/mol. The second-order valence-electron chi connectivity index (χ2n) is 6.04. The normalized spacial score (nSPS) is 15.8. The van der Waals surface area contributed by atoms with E-state index in [2.05, 4.69) is 26.9 Å². The molecule has 0 amide bonds. The molecule has 1 fully saturated rings. The zero-order valence-corrected chi connectivity index (χ0v) is 13.8. The monoisotopic (exact) mass is 323 g/mol.